The topological polar surface area (TPSA) is 55.9 Å². The third-order valence-electron chi connectivity index (χ3n) is 7.37. The molecule has 2 aliphatic heterocycles. The SMILES string of the molecule is Cc1cc(F)ccc1C1C[C@@H](N2CCNCC2=O)CCN1C(=O)N(C)Cc1cc(C(F)(F)F)cc(C(F)(F)F)c1. The lowest BCUT2D eigenvalue weighted by Gasteiger charge is -2.46. The molecule has 0 bridgehead atoms. The molecule has 2 aliphatic rings. The first-order chi connectivity index (χ1) is 18.6. The normalized spacial score (nSPS) is 20.6. The largest absolute Gasteiger partial charge is 0.416 e. The molecule has 1 N–H and O–H groups in total. The van der Waals surface area contributed by atoms with Gasteiger partial charge in [-0.25, -0.2) is 9.18 Å². The molecule has 40 heavy (non-hydrogen) atoms. The summed E-state index contributed by atoms with van der Waals surface area (Å²) in [4.78, 5) is 30.5. The Hall–Kier alpha value is -3.35. The number of nitrogens with one attached hydrogen (secondary N) is 1. The van der Waals surface area contributed by atoms with Crippen LogP contribution in [0.5, 0.6) is 0 Å². The van der Waals surface area contributed by atoms with E-state index < -0.39 is 47.9 Å². The number of nitrogens with zero attached hydrogens (tertiary/aromatic N) is 3. The van der Waals surface area contributed by atoms with Crippen LogP contribution in [0.25, 0.3) is 0 Å². The van der Waals surface area contributed by atoms with E-state index in [0.29, 0.717) is 49.2 Å². The van der Waals surface area contributed by atoms with Gasteiger partial charge in [0.15, 0.2) is 0 Å². The average molecular weight is 575 g/mol. The van der Waals surface area contributed by atoms with Crippen LogP contribution < -0.4 is 5.32 Å². The number of benzene rings is 2. The maximum atomic E-state index is 13.9. The number of halogens is 7. The van der Waals surface area contributed by atoms with Crippen LogP contribution in [-0.4, -0.2) is 65.9 Å². The van der Waals surface area contributed by atoms with E-state index in [2.05, 4.69) is 5.32 Å². The number of likely N-dealkylation sites (tertiary alicyclic amines) is 1. The van der Waals surface area contributed by atoms with E-state index in [9.17, 15) is 40.3 Å². The lowest BCUT2D eigenvalue weighted by molar-refractivity contribution is -0.143. The van der Waals surface area contributed by atoms with Crippen molar-refractivity contribution in [1.82, 2.24) is 20.0 Å². The Morgan fingerprint density at radius 3 is 2.25 bits per heavy atom. The zero-order chi connectivity index (χ0) is 29.4. The highest BCUT2D eigenvalue weighted by Gasteiger charge is 2.40. The Bertz CT molecular complexity index is 1230. The smallest absolute Gasteiger partial charge is 0.337 e. The van der Waals surface area contributed by atoms with Crippen LogP contribution in [0.2, 0.25) is 0 Å². The quantitative estimate of drug-likeness (QED) is 0.501. The monoisotopic (exact) mass is 574 g/mol. The molecule has 6 nitrogen and oxygen atoms in total. The summed E-state index contributed by atoms with van der Waals surface area (Å²) in [5, 5.41) is 3.01. The van der Waals surface area contributed by atoms with Crippen molar-refractivity contribution in [2.45, 2.75) is 50.7 Å². The number of carbonyl (C=O) groups is 2. The second kappa shape index (κ2) is 11.3. The predicted molar refractivity (Wildman–Crippen MR) is 131 cm³/mol. The summed E-state index contributed by atoms with van der Waals surface area (Å²) in [6.07, 6.45) is -9.23. The van der Waals surface area contributed by atoms with E-state index in [4.69, 9.17) is 0 Å². The molecule has 0 spiro atoms. The van der Waals surface area contributed by atoms with Gasteiger partial charge in [-0.05, 0) is 66.8 Å². The van der Waals surface area contributed by atoms with Gasteiger partial charge in [-0.2, -0.15) is 26.3 Å². The number of hydrogen-bond acceptors (Lipinski definition) is 3. The second-order valence-corrected chi connectivity index (χ2v) is 10.2. The highest BCUT2D eigenvalue weighted by molar-refractivity contribution is 5.79. The van der Waals surface area contributed by atoms with Gasteiger partial charge in [-0.15, -0.1) is 0 Å². The molecule has 2 aromatic carbocycles. The summed E-state index contributed by atoms with van der Waals surface area (Å²) in [5.74, 6) is -0.543. The van der Waals surface area contributed by atoms with Crippen LogP contribution in [0.3, 0.4) is 0 Å². The zero-order valence-electron chi connectivity index (χ0n) is 21.9. The fraction of sp³-hybridized carbons (Fsp3) is 0.481. The first-order valence-electron chi connectivity index (χ1n) is 12.7. The standard InChI is InChI=1S/C27H29F7N4O2/c1-16-9-20(28)3-4-22(16)23-13-21(37-8-6-35-14-24(37)39)5-7-38(23)25(40)36(2)15-17-10-18(26(29,30)31)12-19(11-17)27(32,33)34/h3-4,9-12,21,23,35H,5-8,13-15H2,1-2H3/t21-,23?/m0/s1. The van der Waals surface area contributed by atoms with Crippen LogP contribution in [0.1, 0.15) is 46.7 Å². The highest BCUT2D eigenvalue weighted by Crippen LogP contribution is 2.38. The predicted octanol–water partition coefficient (Wildman–Crippen LogP) is 5.36. The van der Waals surface area contributed by atoms with Gasteiger partial charge in [-0.3, -0.25) is 4.79 Å². The summed E-state index contributed by atoms with van der Waals surface area (Å²) in [6, 6.07) is 3.98. The van der Waals surface area contributed by atoms with Crippen molar-refractivity contribution in [2.24, 2.45) is 0 Å². The van der Waals surface area contributed by atoms with Crippen LogP contribution in [-0.2, 0) is 23.7 Å². The number of rotatable bonds is 4. The van der Waals surface area contributed by atoms with Crippen molar-refractivity contribution in [2.75, 3.05) is 33.2 Å². The second-order valence-electron chi connectivity index (χ2n) is 10.2. The van der Waals surface area contributed by atoms with E-state index in [0.717, 1.165) is 4.90 Å². The Morgan fingerprint density at radius 2 is 1.68 bits per heavy atom. The van der Waals surface area contributed by atoms with Gasteiger partial charge in [0.2, 0.25) is 5.91 Å². The molecular weight excluding hydrogens is 545 g/mol. The van der Waals surface area contributed by atoms with Crippen molar-refractivity contribution in [3.8, 4) is 0 Å². The molecule has 13 heteroatoms. The Balaban J connectivity index is 1.62. The Kier molecular flexibility index (Phi) is 8.34. The third-order valence-corrected chi connectivity index (χ3v) is 7.37. The molecule has 3 amide bonds. The molecule has 2 saturated heterocycles. The van der Waals surface area contributed by atoms with E-state index in [-0.39, 0.29) is 36.7 Å². The minimum absolute atomic E-state index is 0.0425. The van der Waals surface area contributed by atoms with Crippen LogP contribution in [0, 0.1) is 12.7 Å². The number of hydrogen-bond donors (Lipinski definition) is 1. The van der Waals surface area contributed by atoms with E-state index in [1.54, 1.807) is 17.9 Å². The number of aryl methyl sites for hydroxylation is 1. The maximum absolute atomic E-state index is 13.9. The lowest BCUT2D eigenvalue weighted by Crippen LogP contribution is -2.57. The summed E-state index contributed by atoms with van der Waals surface area (Å²) in [7, 11) is 1.30. The molecule has 2 fully saturated rings. The van der Waals surface area contributed by atoms with Crippen molar-refractivity contribution >= 4 is 11.9 Å². The Morgan fingerprint density at radius 1 is 1.02 bits per heavy atom. The molecule has 218 valence electrons. The molecule has 2 heterocycles. The molecule has 0 aliphatic carbocycles. The summed E-state index contributed by atoms with van der Waals surface area (Å²) < 4.78 is 93.9. The molecule has 2 aromatic rings. The molecule has 2 atom stereocenters. The first kappa shape index (κ1) is 29.6. The number of alkyl halides is 6. The molecule has 0 aromatic heterocycles. The zero-order valence-corrected chi connectivity index (χ0v) is 21.9. The molecular formula is C27H29F7N4O2. The van der Waals surface area contributed by atoms with Gasteiger partial charge in [0.1, 0.15) is 5.82 Å². The fourth-order valence-corrected chi connectivity index (χ4v) is 5.45. The summed E-state index contributed by atoms with van der Waals surface area (Å²) >= 11 is 0. The van der Waals surface area contributed by atoms with Crippen LogP contribution in [0.15, 0.2) is 36.4 Å². The third kappa shape index (κ3) is 6.51. The minimum atomic E-state index is -5.01. The molecule has 1 unspecified atom stereocenters. The number of carbonyl (C=O) groups excluding carboxylic acids is 2. The molecule has 4 rings (SSSR count). The van der Waals surface area contributed by atoms with E-state index in [1.807, 2.05) is 0 Å². The first-order valence-corrected chi connectivity index (χ1v) is 12.7. The van der Waals surface area contributed by atoms with Crippen molar-refractivity contribution in [1.29, 1.82) is 0 Å². The number of piperidine rings is 1. The highest BCUT2D eigenvalue weighted by atomic mass is 19.4. The van der Waals surface area contributed by atoms with Gasteiger partial charge in [0.05, 0.1) is 23.7 Å². The van der Waals surface area contributed by atoms with Gasteiger partial charge < -0.3 is 20.0 Å². The van der Waals surface area contributed by atoms with Crippen molar-refractivity contribution in [3.05, 3.63) is 70.0 Å². The maximum Gasteiger partial charge on any atom is 0.416 e. The van der Waals surface area contributed by atoms with Crippen molar-refractivity contribution < 1.29 is 40.3 Å². The minimum Gasteiger partial charge on any atom is -0.337 e. The van der Waals surface area contributed by atoms with Crippen LogP contribution >= 0.6 is 0 Å². The van der Waals surface area contributed by atoms with Gasteiger partial charge in [0.25, 0.3) is 0 Å². The number of urea groups is 1. The lowest BCUT2D eigenvalue weighted by atomic mass is 9.88. The van der Waals surface area contributed by atoms with E-state index in [1.165, 1.54) is 24.1 Å². The fourth-order valence-electron chi connectivity index (χ4n) is 5.45. The number of amides is 3. The summed E-state index contributed by atoms with van der Waals surface area (Å²) in [5.41, 5.74) is -2.02. The van der Waals surface area contributed by atoms with Crippen LogP contribution in [0.4, 0.5) is 35.5 Å². The van der Waals surface area contributed by atoms with Crippen molar-refractivity contribution in [3.63, 3.8) is 0 Å². The summed E-state index contributed by atoms with van der Waals surface area (Å²) in [6.45, 7) is 2.67. The molecule has 0 radical (unpaired) electrons. The average Bonchev–Trinajstić information content (AvgIpc) is 2.87. The number of piperazine rings is 1. The van der Waals surface area contributed by atoms with Gasteiger partial charge in [0, 0.05) is 39.3 Å². The van der Waals surface area contributed by atoms with Gasteiger partial charge >= 0.3 is 18.4 Å². The Labute approximate surface area is 226 Å². The molecule has 0 saturated carbocycles. The van der Waals surface area contributed by atoms with Gasteiger partial charge in [-0.1, -0.05) is 6.07 Å². The van der Waals surface area contributed by atoms with E-state index >= 15 is 0 Å².